The Hall–Kier alpha value is -1.24. The van der Waals surface area contributed by atoms with Crippen LogP contribution in [0.1, 0.15) is 5.56 Å². The maximum absolute atomic E-state index is 12.5. The molecule has 1 heterocycles. The van der Waals surface area contributed by atoms with Gasteiger partial charge in [0.1, 0.15) is 0 Å². The number of nitrogens with zero attached hydrogens (tertiary/aromatic N) is 1. The molecule has 0 spiro atoms. The SMILES string of the molecule is O=S(=O)(Cc1ccc(Br)cc1)c1ccc2cc(Br)ccc2n1. The van der Waals surface area contributed by atoms with Crippen molar-refractivity contribution >= 4 is 52.6 Å². The molecule has 0 N–H and O–H groups in total. The van der Waals surface area contributed by atoms with E-state index in [1.807, 2.05) is 24.3 Å². The van der Waals surface area contributed by atoms with E-state index in [4.69, 9.17) is 0 Å². The molecule has 0 aliphatic carbocycles. The van der Waals surface area contributed by atoms with Crippen molar-refractivity contribution in [2.24, 2.45) is 0 Å². The lowest BCUT2D eigenvalue weighted by Crippen LogP contribution is -2.07. The fraction of sp³-hybridized carbons (Fsp3) is 0.0625. The summed E-state index contributed by atoms with van der Waals surface area (Å²) in [6.07, 6.45) is 0. The molecular weight excluding hydrogens is 430 g/mol. The molecule has 3 nitrogen and oxygen atoms in total. The molecule has 6 heteroatoms. The van der Waals surface area contributed by atoms with Crippen LogP contribution in [0.3, 0.4) is 0 Å². The molecule has 0 aliphatic heterocycles. The van der Waals surface area contributed by atoms with Crippen molar-refractivity contribution in [2.75, 3.05) is 0 Å². The van der Waals surface area contributed by atoms with Gasteiger partial charge in [-0.2, -0.15) is 0 Å². The Kier molecular flexibility index (Phi) is 4.34. The van der Waals surface area contributed by atoms with Crippen molar-refractivity contribution in [3.05, 3.63) is 69.1 Å². The van der Waals surface area contributed by atoms with E-state index in [1.165, 1.54) is 0 Å². The van der Waals surface area contributed by atoms with Gasteiger partial charge in [-0.1, -0.05) is 44.0 Å². The Morgan fingerprint density at radius 2 is 1.55 bits per heavy atom. The van der Waals surface area contributed by atoms with Crippen molar-refractivity contribution in [2.45, 2.75) is 10.8 Å². The first-order valence-electron chi connectivity index (χ1n) is 6.47. The fourth-order valence-electron chi connectivity index (χ4n) is 2.12. The highest BCUT2D eigenvalue weighted by atomic mass is 79.9. The van der Waals surface area contributed by atoms with Gasteiger partial charge in [0.05, 0.1) is 11.3 Å². The van der Waals surface area contributed by atoms with E-state index < -0.39 is 9.84 Å². The first-order chi connectivity index (χ1) is 10.4. The van der Waals surface area contributed by atoms with Gasteiger partial charge >= 0.3 is 0 Å². The van der Waals surface area contributed by atoms with Gasteiger partial charge in [0.2, 0.25) is 0 Å². The molecule has 0 amide bonds. The van der Waals surface area contributed by atoms with E-state index in [9.17, 15) is 8.42 Å². The summed E-state index contributed by atoms with van der Waals surface area (Å²) in [5.74, 6) is -0.0602. The maximum atomic E-state index is 12.5. The number of hydrogen-bond donors (Lipinski definition) is 0. The van der Waals surface area contributed by atoms with E-state index in [1.54, 1.807) is 30.3 Å². The van der Waals surface area contributed by atoms with Crippen LogP contribution in [0, 0.1) is 0 Å². The lowest BCUT2D eigenvalue weighted by atomic mass is 10.2. The zero-order valence-electron chi connectivity index (χ0n) is 11.3. The fourth-order valence-corrected chi connectivity index (χ4v) is 4.06. The molecule has 1 aromatic heterocycles. The van der Waals surface area contributed by atoms with Crippen LogP contribution in [0.5, 0.6) is 0 Å². The normalized spacial score (nSPS) is 11.7. The highest BCUT2D eigenvalue weighted by molar-refractivity contribution is 9.10. The topological polar surface area (TPSA) is 47.0 Å². The molecule has 0 bridgehead atoms. The third-order valence-corrected chi connectivity index (χ3v) is 5.81. The smallest absolute Gasteiger partial charge is 0.199 e. The first-order valence-corrected chi connectivity index (χ1v) is 9.71. The van der Waals surface area contributed by atoms with Gasteiger partial charge in [0.15, 0.2) is 14.9 Å². The lowest BCUT2D eigenvalue weighted by Gasteiger charge is -2.06. The van der Waals surface area contributed by atoms with Crippen LogP contribution < -0.4 is 0 Å². The Balaban J connectivity index is 1.97. The molecule has 3 rings (SSSR count). The van der Waals surface area contributed by atoms with Gasteiger partial charge in [-0.3, -0.25) is 0 Å². The molecule has 0 atom stereocenters. The third-order valence-electron chi connectivity index (χ3n) is 3.21. The number of hydrogen-bond acceptors (Lipinski definition) is 3. The minimum absolute atomic E-state index is 0.0602. The van der Waals surface area contributed by atoms with Crippen LogP contribution in [0.25, 0.3) is 10.9 Å². The Morgan fingerprint density at radius 1 is 0.864 bits per heavy atom. The van der Waals surface area contributed by atoms with Crippen molar-refractivity contribution in [3.63, 3.8) is 0 Å². The lowest BCUT2D eigenvalue weighted by molar-refractivity contribution is 0.592. The molecule has 0 fully saturated rings. The van der Waals surface area contributed by atoms with Gasteiger partial charge in [-0.15, -0.1) is 0 Å². The van der Waals surface area contributed by atoms with E-state index in [0.717, 1.165) is 19.9 Å². The molecule has 0 saturated carbocycles. The summed E-state index contributed by atoms with van der Waals surface area (Å²) >= 11 is 6.73. The summed E-state index contributed by atoms with van der Waals surface area (Å²) in [5, 5.41) is 1.00. The number of halogens is 2. The minimum atomic E-state index is -3.47. The Bertz CT molecular complexity index is 938. The van der Waals surface area contributed by atoms with E-state index >= 15 is 0 Å². The second-order valence-corrected chi connectivity index (χ2v) is 8.64. The third kappa shape index (κ3) is 3.39. The standard InChI is InChI=1S/C16H11Br2NO2S/c17-13-4-1-11(2-5-13)10-22(20,21)16-8-3-12-9-14(18)6-7-15(12)19-16/h1-9H,10H2. The molecule has 22 heavy (non-hydrogen) atoms. The number of pyridine rings is 1. The quantitative estimate of drug-likeness (QED) is 0.591. The number of rotatable bonds is 3. The van der Waals surface area contributed by atoms with Gasteiger partial charge in [-0.25, -0.2) is 13.4 Å². The highest BCUT2D eigenvalue weighted by Crippen LogP contribution is 2.22. The van der Waals surface area contributed by atoms with Crippen LogP contribution in [-0.2, 0) is 15.6 Å². The largest absolute Gasteiger partial charge is 0.236 e. The summed E-state index contributed by atoms with van der Waals surface area (Å²) in [6.45, 7) is 0. The van der Waals surface area contributed by atoms with Gasteiger partial charge in [0.25, 0.3) is 0 Å². The van der Waals surface area contributed by atoms with Gasteiger partial charge in [0, 0.05) is 14.3 Å². The minimum Gasteiger partial charge on any atom is -0.236 e. The zero-order valence-corrected chi connectivity index (χ0v) is 15.3. The number of aromatic nitrogens is 1. The van der Waals surface area contributed by atoms with E-state index in [2.05, 4.69) is 36.8 Å². The van der Waals surface area contributed by atoms with E-state index in [-0.39, 0.29) is 10.8 Å². The second kappa shape index (κ2) is 6.10. The van der Waals surface area contributed by atoms with Crippen LogP contribution in [0.2, 0.25) is 0 Å². The second-order valence-electron chi connectivity index (χ2n) is 4.87. The average Bonchev–Trinajstić information content (AvgIpc) is 2.49. The predicted octanol–water partition coefficient (Wildman–Crippen LogP) is 4.73. The molecule has 0 radical (unpaired) electrons. The number of fused-ring (bicyclic) bond motifs is 1. The number of benzene rings is 2. The van der Waals surface area contributed by atoms with Crippen molar-refractivity contribution in [3.8, 4) is 0 Å². The van der Waals surface area contributed by atoms with Crippen LogP contribution >= 0.6 is 31.9 Å². The van der Waals surface area contributed by atoms with Gasteiger partial charge in [-0.05, 0) is 48.0 Å². The molecule has 112 valence electrons. The van der Waals surface area contributed by atoms with Crippen LogP contribution in [-0.4, -0.2) is 13.4 Å². The maximum Gasteiger partial charge on any atom is 0.199 e. The van der Waals surface area contributed by atoms with Gasteiger partial charge < -0.3 is 0 Å². The Labute approximate surface area is 145 Å². The first kappa shape index (κ1) is 15.6. The number of sulfone groups is 1. The Morgan fingerprint density at radius 3 is 2.27 bits per heavy atom. The zero-order chi connectivity index (χ0) is 15.7. The summed E-state index contributed by atoms with van der Waals surface area (Å²) in [4.78, 5) is 4.28. The highest BCUT2D eigenvalue weighted by Gasteiger charge is 2.17. The summed E-state index contributed by atoms with van der Waals surface area (Å²) in [6, 6.07) is 16.1. The molecule has 0 aliphatic rings. The summed E-state index contributed by atoms with van der Waals surface area (Å²) < 4.78 is 26.9. The summed E-state index contributed by atoms with van der Waals surface area (Å²) in [5.41, 5.74) is 1.40. The van der Waals surface area contributed by atoms with Crippen molar-refractivity contribution < 1.29 is 8.42 Å². The molecule has 0 unspecified atom stereocenters. The molecule has 3 aromatic rings. The van der Waals surface area contributed by atoms with Crippen LogP contribution in [0.15, 0.2) is 68.6 Å². The monoisotopic (exact) mass is 439 g/mol. The van der Waals surface area contributed by atoms with Crippen molar-refractivity contribution in [1.82, 2.24) is 4.98 Å². The molecule has 0 saturated heterocycles. The predicted molar refractivity (Wildman–Crippen MR) is 94.5 cm³/mol. The molecular formula is C16H11Br2NO2S. The van der Waals surface area contributed by atoms with E-state index in [0.29, 0.717) is 5.52 Å². The summed E-state index contributed by atoms with van der Waals surface area (Å²) in [7, 11) is -3.47. The van der Waals surface area contributed by atoms with Crippen LogP contribution in [0.4, 0.5) is 0 Å². The average molecular weight is 441 g/mol. The molecule has 2 aromatic carbocycles. The van der Waals surface area contributed by atoms with Crippen molar-refractivity contribution in [1.29, 1.82) is 0 Å².